The Balaban J connectivity index is 2.15. The molecule has 0 aliphatic carbocycles. The van der Waals surface area contributed by atoms with Crippen LogP contribution in [0.1, 0.15) is 50.3 Å². The molecule has 7 heteroatoms. The molecule has 0 aromatic heterocycles. The molecule has 0 unspecified atom stereocenters. The zero-order chi connectivity index (χ0) is 23.7. The van der Waals surface area contributed by atoms with Gasteiger partial charge in [0.15, 0.2) is 0 Å². The van der Waals surface area contributed by atoms with E-state index in [1.807, 2.05) is 64.1 Å². The molecule has 0 aliphatic rings. The minimum absolute atomic E-state index is 0.0514. The fourth-order valence-electron chi connectivity index (χ4n) is 3.30. The van der Waals surface area contributed by atoms with Crippen molar-refractivity contribution in [1.82, 2.24) is 10.2 Å². The molecule has 174 valence electrons. The number of amides is 2. The number of aryl methyl sites for hydroxylation is 1. The summed E-state index contributed by atoms with van der Waals surface area (Å²) < 4.78 is 0. The van der Waals surface area contributed by atoms with E-state index in [0.717, 1.165) is 23.1 Å². The van der Waals surface area contributed by atoms with E-state index in [1.165, 1.54) is 11.8 Å². The maximum atomic E-state index is 13.3. The van der Waals surface area contributed by atoms with E-state index < -0.39 is 6.04 Å². The van der Waals surface area contributed by atoms with Gasteiger partial charge in [-0.05, 0) is 55.5 Å². The van der Waals surface area contributed by atoms with E-state index in [2.05, 4.69) is 5.32 Å². The highest BCUT2D eigenvalue weighted by atomic mass is 35.5. The summed E-state index contributed by atoms with van der Waals surface area (Å²) in [6.07, 6.45) is 1.39. The molecule has 32 heavy (non-hydrogen) atoms. The SMILES string of the molecule is CC[C@H](C(=O)N[C@@H](C)CC)N(Cc1ccccc1C)C(=O)CSCc1ccc(Cl)c(Cl)c1. The summed E-state index contributed by atoms with van der Waals surface area (Å²) >= 11 is 13.6. The molecule has 0 spiro atoms. The van der Waals surface area contributed by atoms with Crippen LogP contribution >= 0.6 is 35.0 Å². The first-order valence-corrected chi connectivity index (χ1v) is 12.8. The van der Waals surface area contributed by atoms with Gasteiger partial charge >= 0.3 is 0 Å². The lowest BCUT2D eigenvalue weighted by atomic mass is 10.1. The molecule has 2 aromatic carbocycles. The Hall–Kier alpha value is -1.69. The molecule has 0 aliphatic heterocycles. The second kappa shape index (κ2) is 13.1. The predicted molar refractivity (Wildman–Crippen MR) is 136 cm³/mol. The van der Waals surface area contributed by atoms with Crippen LogP contribution in [-0.4, -0.2) is 34.6 Å². The van der Waals surface area contributed by atoms with Gasteiger partial charge in [0.2, 0.25) is 11.8 Å². The van der Waals surface area contributed by atoms with Crippen molar-refractivity contribution in [3.8, 4) is 0 Å². The van der Waals surface area contributed by atoms with Gasteiger partial charge in [0.1, 0.15) is 6.04 Å². The maximum Gasteiger partial charge on any atom is 0.243 e. The number of thioether (sulfide) groups is 1. The second-order valence-electron chi connectivity index (χ2n) is 7.93. The van der Waals surface area contributed by atoms with Gasteiger partial charge in [-0.25, -0.2) is 0 Å². The number of carbonyl (C=O) groups is 2. The number of carbonyl (C=O) groups excluding carboxylic acids is 2. The van der Waals surface area contributed by atoms with Crippen LogP contribution in [0.15, 0.2) is 42.5 Å². The van der Waals surface area contributed by atoms with Gasteiger partial charge in [-0.2, -0.15) is 0 Å². The van der Waals surface area contributed by atoms with E-state index in [-0.39, 0.29) is 23.6 Å². The van der Waals surface area contributed by atoms with Crippen molar-refractivity contribution >= 4 is 46.8 Å². The van der Waals surface area contributed by atoms with Crippen LogP contribution in [0.25, 0.3) is 0 Å². The standard InChI is InChI=1S/C25H32Cl2N2O2S/c1-5-18(4)28-25(31)23(6-2)29(14-20-10-8-7-9-17(20)3)24(30)16-32-15-19-11-12-21(26)22(27)13-19/h7-13,18,23H,5-6,14-16H2,1-4H3,(H,28,31)/t18-,23+/m0/s1. The number of benzene rings is 2. The Morgan fingerprint density at radius 2 is 1.78 bits per heavy atom. The van der Waals surface area contributed by atoms with E-state index in [0.29, 0.717) is 28.8 Å². The Kier molecular flexibility index (Phi) is 10.9. The fourth-order valence-corrected chi connectivity index (χ4v) is 4.48. The number of halogens is 2. The smallest absolute Gasteiger partial charge is 0.243 e. The summed E-state index contributed by atoms with van der Waals surface area (Å²) in [5.41, 5.74) is 3.15. The summed E-state index contributed by atoms with van der Waals surface area (Å²) in [6, 6.07) is 13.0. The molecule has 0 saturated heterocycles. The minimum atomic E-state index is -0.512. The Labute approximate surface area is 206 Å². The zero-order valence-electron chi connectivity index (χ0n) is 19.2. The minimum Gasteiger partial charge on any atom is -0.352 e. The van der Waals surface area contributed by atoms with Crippen LogP contribution in [0.2, 0.25) is 10.0 Å². The molecule has 0 fully saturated rings. The second-order valence-corrected chi connectivity index (χ2v) is 9.73. The monoisotopic (exact) mass is 494 g/mol. The van der Waals surface area contributed by atoms with Crippen LogP contribution in [-0.2, 0) is 21.9 Å². The van der Waals surface area contributed by atoms with Gasteiger partial charge < -0.3 is 10.2 Å². The predicted octanol–water partition coefficient (Wildman–Crippen LogP) is 6.26. The summed E-state index contributed by atoms with van der Waals surface area (Å²) in [5, 5.41) is 4.06. The molecule has 1 N–H and O–H groups in total. The molecule has 0 bridgehead atoms. The molecule has 2 amide bonds. The average Bonchev–Trinajstić information content (AvgIpc) is 2.77. The zero-order valence-corrected chi connectivity index (χ0v) is 21.5. The van der Waals surface area contributed by atoms with Crippen molar-refractivity contribution < 1.29 is 9.59 Å². The van der Waals surface area contributed by atoms with Gasteiger partial charge in [0, 0.05) is 18.3 Å². The summed E-state index contributed by atoms with van der Waals surface area (Å²) in [4.78, 5) is 28.0. The first kappa shape index (κ1) is 26.6. The molecular weight excluding hydrogens is 463 g/mol. The topological polar surface area (TPSA) is 49.4 Å². The Bertz CT molecular complexity index is 923. The molecule has 2 atom stereocenters. The number of rotatable bonds is 11. The van der Waals surface area contributed by atoms with Crippen molar-refractivity contribution in [3.05, 3.63) is 69.2 Å². The molecular formula is C25H32Cl2N2O2S. The van der Waals surface area contributed by atoms with E-state index in [1.54, 1.807) is 11.0 Å². The normalized spacial score (nSPS) is 12.8. The van der Waals surface area contributed by atoms with E-state index >= 15 is 0 Å². The highest BCUT2D eigenvalue weighted by Crippen LogP contribution is 2.25. The Morgan fingerprint density at radius 1 is 1.06 bits per heavy atom. The van der Waals surface area contributed by atoms with Crippen molar-refractivity contribution in [2.45, 2.75) is 64.9 Å². The highest BCUT2D eigenvalue weighted by molar-refractivity contribution is 7.99. The lowest BCUT2D eigenvalue weighted by Crippen LogP contribution is -2.51. The van der Waals surface area contributed by atoms with E-state index in [4.69, 9.17) is 23.2 Å². The lowest BCUT2D eigenvalue weighted by molar-refractivity contribution is -0.139. The Morgan fingerprint density at radius 3 is 2.41 bits per heavy atom. The third kappa shape index (κ3) is 7.72. The highest BCUT2D eigenvalue weighted by Gasteiger charge is 2.29. The van der Waals surface area contributed by atoms with Crippen LogP contribution in [0.5, 0.6) is 0 Å². The third-order valence-corrected chi connectivity index (χ3v) is 7.19. The van der Waals surface area contributed by atoms with Gasteiger partial charge in [-0.3, -0.25) is 9.59 Å². The largest absolute Gasteiger partial charge is 0.352 e. The van der Waals surface area contributed by atoms with Crippen LogP contribution in [0.4, 0.5) is 0 Å². The summed E-state index contributed by atoms with van der Waals surface area (Å²) in [6.45, 7) is 8.39. The lowest BCUT2D eigenvalue weighted by Gasteiger charge is -2.32. The number of hydrogen-bond acceptors (Lipinski definition) is 3. The van der Waals surface area contributed by atoms with E-state index in [9.17, 15) is 9.59 Å². The molecule has 0 saturated carbocycles. The van der Waals surface area contributed by atoms with Crippen molar-refractivity contribution in [1.29, 1.82) is 0 Å². The first-order chi connectivity index (χ1) is 15.3. The van der Waals surface area contributed by atoms with Crippen LogP contribution < -0.4 is 5.32 Å². The fraction of sp³-hybridized carbons (Fsp3) is 0.440. The van der Waals surface area contributed by atoms with Crippen molar-refractivity contribution in [2.75, 3.05) is 5.75 Å². The van der Waals surface area contributed by atoms with Gasteiger partial charge in [-0.15, -0.1) is 11.8 Å². The van der Waals surface area contributed by atoms with Gasteiger partial charge in [0.05, 0.1) is 15.8 Å². The molecule has 0 heterocycles. The van der Waals surface area contributed by atoms with Gasteiger partial charge in [0.25, 0.3) is 0 Å². The van der Waals surface area contributed by atoms with Crippen molar-refractivity contribution in [3.63, 3.8) is 0 Å². The van der Waals surface area contributed by atoms with Crippen molar-refractivity contribution in [2.24, 2.45) is 0 Å². The molecule has 2 aromatic rings. The maximum absolute atomic E-state index is 13.3. The summed E-state index contributed by atoms with van der Waals surface area (Å²) in [5.74, 6) is 0.762. The average molecular weight is 496 g/mol. The third-order valence-electron chi connectivity index (χ3n) is 5.47. The molecule has 4 nitrogen and oxygen atoms in total. The summed E-state index contributed by atoms with van der Waals surface area (Å²) in [7, 11) is 0. The number of hydrogen-bond donors (Lipinski definition) is 1. The molecule has 2 rings (SSSR count). The quantitative estimate of drug-likeness (QED) is 0.401. The number of nitrogens with one attached hydrogen (secondary N) is 1. The van der Waals surface area contributed by atoms with Gasteiger partial charge in [-0.1, -0.05) is 67.4 Å². The molecule has 0 radical (unpaired) electrons. The van der Waals surface area contributed by atoms with Crippen LogP contribution in [0.3, 0.4) is 0 Å². The number of nitrogens with zero attached hydrogens (tertiary/aromatic N) is 1. The van der Waals surface area contributed by atoms with Crippen LogP contribution in [0, 0.1) is 6.92 Å². The first-order valence-electron chi connectivity index (χ1n) is 10.9.